The second kappa shape index (κ2) is 7.41. The van der Waals surface area contributed by atoms with Crippen molar-refractivity contribution in [3.8, 4) is 6.07 Å². The fourth-order valence-corrected chi connectivity index (χ4v) is 2.91. The van der Waals surface area contributed by atoms with Gasteiger partial charge < -0.3 is 10.6 Å². The summed E-state index contributed by atoms with van der Waals surface area (Å²) in [5.41, 5.74) is 0.470. The van der Waals surface area contributed by atoms with Crippen LogP contribution in [0.5, 0.6) is 0 Å². The number of nitrogens with zero attached hydrogens (tertiary/aromatic N) is 3. The van der Waals surface area contributed by atoms with Gasteiger partial charge in [0.05, 0.1) is 25.4 Å². The van der Waals surface area contributed by atoms with E-state index in [4.69, 9.17) is 0 Å². The minimum absolute atomic E-state index is 0.105. The van der Waals surface area contributed by atoms with Gasteiger partial charge in [0.2, 0.25) is 5.91 Å². The van der Waals surface area contributed by atoms with Crippen LogP contribution >= 0.6 is 0 Å². The molecule has 1 aliphatic carbocycles. The molecule has 1 amide bonds. The molecule has 1 saturated carbocycles. The van der Waals surface area contributed by atoms with Gasteiger partial charge in [-0.2, -0.15) is 10.4 Å². The summed E-state index contributed by atoms with van der Waals surface area (Å²) >= 11 is 0. The molecule has 120 valence electrons. The van der Waals surface area contributed by atoms with Gasteiger partial charge in [-0.25, -0.2) is 0 Å². The Balaban J connectivity index is 1.76. The zero-order chi connectivity index (χ0) is 16.0. The fraction of sp³-hybridized carbons (Fsp3) is 0.688. The number of carbonyl (C=O) groups is 1. The first kappa shape index (κ1) is 16.5. The Hall–Kier alpha value is -1.87. The van der Waals surface area contributed by atoms with E-state index in [-0.39, 0.29) is 18.5 Å². The second-order valence-electron chi connectivity index (χ2n) is 6.32. The average Bonchev–Trinajstić information content (AvgIpc) is 2.91. The van der Waals surface area contributed by atoms with Crippen LogP contribution in [0.4, 0.5) is 0 Å². The van der Waals surface area contributed by atoms with Gasteiger partial charge in [-0.3, -0.25) is 9.48 Å². The van der Waals surface area contributed by atoms with Crippen molar-refractivity contribution in [2.45, 2.75) is 64.1 Å². The van der Waals surface area contributed by atoms with Crippen molar-refractivity contribution in [1.29, 1.82) is 5.26 Å². The van der Waals surface area contributed by atoms with E-state index < -0.39 is 5.54 Å². The number of nitrogens with one attached hydrogen (secondary N) is 2. The molecule has 1 aromatic heterocycles. The summed E-state index contributed by atoms with van der Waals surface area (Å²) in [6.45, 7) is 4.96. The van der Waals surface area contributed by atoms with Crippen LogP contribution in [0.25, 0.3) is 0 Å². The number of carbonyl (C=O) groups excluding carboxylic acids is 1. The lowest BCUT2D eigenvalue weighted by Gasteiger charge is -2.31. The minimum atomic E-state index is -0.653. The van der Waals surface area contributed by atoms with Crippen LogP contribution in [0.3, 0.4) is 0 Å². The number of rotatable bonds is 6. The highest BCUT2D eigenvalue weighted by molar-refractivity contribution is 5.79. The maximum absolute atomic E-state index is 12.1. The van der Waals surface area contributed by atoms with Crippen LogP contribution < -0.4 is 10.6 Å². The smallest absolute Gasteiger partial charge is 0.235 e. The third-order valence-electron chi connectivity index (χ3n) is 4.13. The molecular weight excluding hydrogens is 278 g/mol. The van der Waals surface area contributed by atoms with E-state index in [1.807, 2.05) is 30.9 Å². The number of nitriles is 1. The highest BCUT2D eigenvalue weighted by Crippen LogP contribution is 2.27. The molecule has 22 heavy (non-hydrogen) atoms. The molecule has 0 aromatic carbocycles. The molecule has 1 unspecified atom stereocenters. The Morgan fingerprint density at radius 2 is 2.23 bits per heavy atom. The Kier molecular flexibility index (Phi) is 5.56. The van der Waals surface area contributed by atoms with Gasteiger partial charge in [0.15, 0.2) is 0 Å². The van der Waals surface area contributed by atoms with Crippen LogP contribution in [0.2, 0.25) is 0 Å². The second-order valence-corrected chi connectivity index (χ2v) is 6.32. The topological polar surface area (TPSA) is 82.7 Å². The maximum Gasteiger partial charge on any atom is 0.235 e. The molecule has 0 aliphatic heterocycles. The largest absolute Gasteiger partial charge is 0.337 e. The molecule has 2 N–H and O–H groups in total. The summed E-state index contributed by atoms with van der Waals surface area (Å²) in [5.74, 6) is -0.105. The summed E-state index contributed by atoms with van der Waals surface area (Å²) in [7, 11) is 0. The Morgan fingerprint density at radius 3 is 2.82 bits per heavy atom. The van der Waals surface area contributed by atoms with E-state index in [0.29, 0.717) is 6.54 Å². The normalized spacial score (nSPS) is 18.4. The lowest BCUT2D eigenvalue weighted by Crippen LogP contribution is -2.52. The van der Waals surface area contributed by atoms with Crippen LogP contribution in [-0.4, -0.2) is 33.8 Å². The molecule has 1 atom stereocenters. The number of amides is 1. The third kappa shape index (κ3) is 4.57. The molecule has 1 heterocycles. The quantitative estimate of drug-likeness (QED) is 0.834. The molecule has 0 saturated heterocycles. The van der Waals surface area contributed by atoms with Crippen LogP contribution in [0, 0.1) is 18.3 Å². The van der Waals surface area contributed by atoms with Crippen molar-refractivity contribution in [2.24, 2.45) is 0 Å². The highest BCUT2D eigenvalue weighted by Gasteiger charge is 2.33. The molecule has 0 spiro atoms. The first-order valence-corrected chi connectivity index (χ1v) is 7.98. The van der Waals surface area contributed by atoms with Crippen LogP contribution in [0.15, 0.2) is 12.4 Å². The summed E-state index contributed by atoms with van der Waals surface area (Å²) in [6.07, 6.45) is 8.49. The lowest BCUT2D eigenvalue weighted by atomic mass is 9.83. The van der Waals surface area contributed by atoms with E-state index in [2.05, 4.69) is 21.8 Å². The lowest BCUT2D eigenvalue weighted by molar-refractivity contribution is -0.122. The van der Waals surface area contributed by atoms with Crippen molar-refractivity contribution in [2.75, 3.05) is 6.54 Å². The Morgan fingerprint density at radius 1 is 1.50 bits per heavy atom. The molecule has 1 aliphatic rings. The fourth-order valence-electron chi connectivity index (χ4n) is 2.91. The molecular formula is C16H25N5O. The molecule has 1 aromatic rings. The van der Waals surface area contributed by atoms with Gasteiger partial charge in [-0.15, -0.1) is 0 Å². The van der Waals surface area contributed by atoms with E-state index in [0.717, 1.165) is 37.7 Å². The molecule has 6 heteroatoms. The van der Waals surface area contributed by atoms with E-state index >= 15 is 0 Å². The summed E-state index contributed by atoms with van der Waals surface area (Å²) in [5, 5.41) is 19.7. The number of aromatic nitrogens is 2. The maximum atomic E-state index is 12.1. The third-order valence-corrected chi connectivity index (χ3v) is 4.13. The molecule has 1 fully saturated rings. The van der Waals surface area contributed by atoms with Crippen molar-refractivity contribution >= 4 is 5.91 Å². The molecule has 2 rings (SSSR count). The van der Waals surface area contributed by atoms with Crippen molar-refractivity contribution in [3.63, 3.8) is 0 Å². The highest BCUT2D eigenvalue weighted by atomic mass is 16.2. The van der Waals surface area contributed by atoms with Gasteiger partial charge in [0.25, 0.3) is 0 Å². The Bertz CT molecular complexity index is 539. The SMILES string of the molecule is Cc1cnn(CC(C)NCC(=O)NC2(C#N)CCCCC2)c1. The molecule has 6 nitrogen and oxygen atoms in total. The van der Waals surface area contributed by atoms with Gasteiger partial charge in [0, 0.05) is 12.2 Å². The standard InChI is InChI=1S/C16H25N5O/c1-13-8-19-21(10-13)11-14(2)18-9-15(22)20-16(12-17)6-4-3-5-7-16/h8,10,14,18H,3-7,9,11H2,1-2H3,(H,20,22). The van der Waals surface area contributed by atoms with Gasteiger partial charge >= 0.3 is 0 Å². The van der Waals surface area contributed by atoms with Gasteiger partial charge in [0.1, 0.15) is 5.54 Å². The van der Waals surface area contributed by atoms with Crippen LogP contribution in [0.1, 0.15) is 44.6 Å². The van der Waals surface area contributed by atoms with Crippen LogP contribution in [-0.2, 0) is 11.3 Å². The van der Waals surface area contributed by atoms with E-state index in [1.54, 1.807) is 0 Å². The number of hydrogen-bond donors (Lipinski definition) is 2. The number of hydrogen-bond acceptors (Lipinski definition) is 4. The predicted molar refractivity (Wildman–Crippen MR) is 84.0 cm³/mol. The zero-order valence-electron chi connectivity index (χ0n) is 13.4. The average molecular weight is 303 g/mol. The summed E-state index contributed by atoms with van der Waals surface area (Å²) in [4.78, 5) is 12.1. The van der Waals surface area contributed by atoms with Gasteiger partial charge in [-0.1, -0.05) is 19.3 Å². The van der Waals surface area contributed by atoms with E-state index in [1.165, 1.54) is 0 Å². The van der Waals surface area contributed by atoms with Crippen molar-refractivity contribution < 1.29 is 4.79 Å². The van der Waals surface area contributed by atoms with E-state index in [9.17, 15) is 10.1 Å². The molecule has 0 bridgehead atoms. The van der Waals surface area contributed by atoms with Crippen molar-refractivity contribution in [3.05, 3.63) is 18.0 Å². The predicted octanol–water partition coefficient (Wildman–Crippen LogP) is 1.51. The summed E-state index contributed by atoms with van der Waals surface area (Å²) < 4.78 is 1.86. The Labute approximate surface area is 131 Å². The number of aryl methyl sites for hydroxylation is 1. The van der Waals surface area contributed by atoms with Crippen molar-refractivity contribution in [1.82, 2.24) is 20.4 Å². The molecule has 0 radical (unpaired) electrons. The zero-order valence-corrected chi connectivity index (χ0v) is 13.4. The first-order valence-electron chi connectivity index (χ1n) is 7.98. The van der Waals surface area contributed by atoms with Gasteiger partial charge in [-0.05, 0) is 32.3 Å². The monoisotopic (exact) mass is 303 g/mol. The summed E-state index contributed by atoms with van der Waals surface area (Å²) in [6, 6.07) is 2.44. The first-order chi connectivity index (χ1) is 10.5. The minimum Gasteiger partial charge on any atom is -0.337 e.